The van der Waals surface area contributed by atoms with Crippen molar-refractivity contribution in [3.05, 3.63) is 22.4 Å². The van der Waals surface area contributed by atoms with E-state index in [0.29, 0.717) is 6.04 Å². The lowest BCUT2D eigenvalue weighted by molar-refractivity contribution is 0.549. The summed E-state index contributed by atoms with van der Waals surface area (Å²) in [5, 5.41) is 5.67. The Morgan fingerprint density at radius 1 is 1.62 bits per heavy atom. The van der Waals surface area contributed by atoms with Gasteiger partial charge >= 0.3 is 0 Å². The highest BCUT2D eigenvalue weighted by Gasteiger charge is 2.09. The van der Waals surface area contributed by atoms with Crippen LogP contribution in [0.15, 0.2) is 17.5 Å². The summed E-state index contributed by atoms with van der Waals surface area (Å²) in [6, 6.07) is 4.92. The second-order valence-electron chi connectivity index (χ2n) is 2.91. The summed E-state index contributed by atoms with van der Waals surface area (Å²) in [6.07, 6.45) is 3.40. The number of hydrogen-bond acceptors (Lipinski definition) is 3. The average molecular weight is 215 g/mol. The summed E-state index contributed by atoms with van der Waals surface area (Å²) >= 11 is 3.77. The van der Waals surface area contributed by atoms with Crippen molar-refractivity contribution in [2.24, 2.45) is 0 Å². The van der Waals surface area contributed by atoms with Crippen LogP contribution in [0.5, 0.6) is 0 Å². The van der Waals surface area contributed by atoms with Crippen LogP contribution in [0.3, 0.4) is 0 Å². The van der Waals surface area contributed by atoms with Crippen LogP contribution in [0, 0.1) is 0 Å². The second kappa shape index (κ2) is 6.46. The van der Waals surface area contributed by atoms with Crippen molar-refractivity contribution in [1.29, 1.82) is 0 Å². The molecule has 0 aromatic carbocycles. The van der Waals surface area contributed by atoms with E-state index in [2.05, 4.69) is 36.0 Å². The quantitative estimate of drug-likeness (QED) is 0.782. The van der Waals surface area contributed by atoms with Crippen LogP contribution in [-0.4, -0.2) is 18.6 Å². The van der Waals surface area contributed by atoms with Crippen molar-refractivity contribution >= 4 is 23.1 Å². The van der Waals surface area contributed by atoms with Crippen LogP contribution < -0.4 is 5.32 Å². The van der Waals surface area contributed by atoms with Crippen LogP contribution in [0.25, 0.3) is 0 Å². The Hall–Kier alpha value is 0.01000. The highest BCUT2D eigenvalue weighted by Crippen LogP contribution is 2.22. The van der Waals surface area contributed by atoms with Crippen LogP contribution in [-0.2, 0) is 0 Å². The Balaban J connectivity index is 2.47. The molecule has 0 spiro atoms. The molecule has 0 bridgehead atoms. The Bertz CT molecular complexity index is 209. The van der Waals surface area contributed by atoms with Gasteiger partial charge in [-0.05, 0) is 36.4 Å². The molecular weight excluding hydrogens is 198 g/mol. The minimum Gasteiger partial charge on any atom is -0.309 e. The molecule has 0 fully saturated rings. The van der Waals surface area contributed by atoms with E-state index in [1.165, 1.54) is 17.1 Å². The third-order valence-corrected chi connectivity index (χ3v) is 3.58. The summed E-state index contributed by atoms with van der Waals surface area (Å²) < 4.78 is 0. The van der Waals surface area contributed by atoms with Gasteiger partial charge in [0.25, 0.3) is 0 Å². The first-order valence-electron chi connectivity index (χ1n) is 4.64. The topological polar surface area (TPSA) is 12.0 Å². The van der Waals surface area contributed by atoms with Gasteiger partial charge in [0.15, 0.2) is 0 Å². The van der Waals surface area contributed by atoms with E-state index >= 15 is 0 Å². The lowest BCUT2D eigenvalue weighted by Gasteiger charge is -2.15. The van der Waals surface area contributed by atoms with Crippen LogP contribution in [0.1, 0.15) is 24.3 Å². The fourth-order valence-corrected chi connectivity index (χ4v) is 2.62. The van der Waals surface area contributed by atoms with Gasteiger partial charge in [-0.15, -0.1) is 11.3 Å². The SMILES string of the molecule is CCNC(CCSC)c1cccs1. The van der Waals surface area contributed by atoms with Gasteiger partial charge in [-0.2, -0.15) is 11.8 Å². The maximum Gasteiger partial charge on any atom is 0.0422 e. The molecule has 1 aromatic heterocycles. The monoisotopic (exact) mass is 215 g/mol. The first-order chi connectivity index (χ1) is 6.38. The molecule has 74 valence electrons. The Morgan fingerprint density at radius 2 is 2.46 bits per heavy atom. The number of nitrogens with one attached hydrogen (secondary N) is 1. The highest BCUT2D eigenvalue weighted by atomic mass is 32.2. The van der Waals surface area contributed by atoms with Crippen molar-refractivity contribution in [3.63, 3.8) is 0 Å². The first kappa shape index (κ1) is 11.1. The molecule has 3 heteroatoms. The van der Waals surface area contributed by atoms with E-state index in [9.17, 15) is 0 Å². The summed E-state index contributed by atoms with van der Waals surface area (Å²) in [7, 11) is 0. The predicted molar refractivity (Wildman–Crippen MR) is 63.7 cm³/mol. The normalized spacial score (nSPS) is 13.1. The van der Waals surface area contributed by atoms with Crippen LogP contribution >= 0.6 is 23.1 Å². The zero-order valence-corrected chi connectivity index (χ0v) is 9.88. The molecule has 0 saturated heterocycles. The molecule has 0 aliphatic heterocycles. The van der Waals surface area contributed by atoms with E-state index in [-0.39, 0.29) is 0 Å². The van der Waals surface area contributed by atoms with Crippen LogP contribution in [0.2, 0.25) is 0 Å². The largest absolute Gasteiger partial charge is 0.309 e. The molecule has 1 aromatic rings. The third kappa shape index (κ3) is 3.71. The van der Waals surface area contributed by atoms with Crippen LogP contribution in [0.4, 0.5) is 0 Å². The number of thioether (sulfide) groups is 1. The fourth-order valence-electron chi connectivity index (χ4n) is 1.32. The van der Waals surface area contributed by atoms with E-state index in [1.807, 2.05) is 23.1 Å². The van der Waals surface area contributed by atoms with Crippen molar-refractivity contribution in [1.82, 2.24) is 5.32 Å². The summed E-state index contributed by atoms with van der Waals surface area (Å²) in [5.41, 5.74) is 0. The van der Waals surface area contributed by atoms with Gasteiger partial charge in [0, 0.05) is 10.9 Å². The number of hydrogen-bond donors (Lipinski definition) is 1. The van der Waals surface area contributed by atoms with Crippen molar-refractivity contribution in [2.45, 2.75) is 19.4 Å². The standard InChI is InChI=1S/C10H17NS2/c1-3-11-9(6-8-12-2)10-5-4-7-13-10/h4-5,7,9,11H,3,6,8H2,1-2H3. The summed E-state index contributed by atoms with van der Waals surface area (Å²) in [4.78, 5) is 1.47. The summed E-state index contributed by atoms with van der Waals surface area (Å²) in [6.45, 7) is 3.22. The van der Waals surface area contributed by atoms with E-state index < -0.39 is 0 Å². The molecule has 1 nitrogen and oxygen atoms in total. The minimum absolute atomic E-state index is 0.567. The Kier molecular flexibility index (Phi) is 5.51. The zero-order chi connectivity index (χ0) is 9.52. The fraction of sp³-hybridized carbons (Fsp3) is 0.600. The number of rotatable bonds is 6. The van der Waals surface area contributed by atoms with Gasteiger partial charge in [0.2, 0.25) is 0 Å². The molecule has 1 unspecified atom stereocenters. The maximum atomic E-state index is 3.52. The molecule has 13 heavy (non-hydrogen) atoms. The van der Waals surface area contributed by atoms with Crippen molar-refractivity contribution in [2.75, 3.05) is 18.6 Å². The molecule has 0 radical (unpaired) electrons. The maximum absolute atomic E-state index is 3.52. The molecule has 1 N–H and O–H groups in total. The van der Waals surface area contributed by atoms with Gasteiger partial charge in [-0.25, -0.2) is 0 Å². The Labute approximate surface area is 88.9 Å². The van der Waals surface area contributed by atoms with E-state index in [4.69, 9.17) is 0 Å². The van der Waals surface area contributed by atoms with Crippen molar-refractivity contribution in [3.8, 4) is 0 Å². The Morgan fingerprint density at radius 3 is 3.00 bits per heavy atom. The molecule has 0 amide bonds. The van der Waals surface area contributed by atoms with Gasteiger partial charge in [-0.3, -0.25) is 0 Å². The average Bonchev–Trinajstić information content (AvgIpc) is 2.65. The van der Waals surface area contributed by atoms with Gasteiger partial charge in [0.1, 0.15) is 0 Å². The molecule has 0 aliphatic carbocycles. The summed E-state index contributed by atoms with van der Waals surface area (Å²) in [5.74, 6) is 1.23. The zero-order valence-electron chi connectivity index (χ0n) is 8.25. The van der Waals surface area contributed by atoms with Gasteiger partial charge < -0.3 is 5.32 Å². The van der Waals surface area contributed by atoms with Gasteiger partial charge in [-0.1, -0.05) is 13.0 Å². The number of thiophene rings is 1. The third-order valence-electron chi connectivity index (χ3n) is 1.95. The smallest absolute Gasteiger partial charge is 0.0422 e. The molecule has 0 aliphatic rings. The predicted octanol–water partition coefficient (Wildman–Crippen LogP) is 3.15. The first-order valence-corrected chi connectivity index (χ1v) is 6.91. The molecular formula is C10H17NS2. The highest BCUT2D eigenvalue weighted by molar-refractivity contribution is 7.98. The molecule has 1 rings (SSSR count). The van der Waals surface area contributed by atoms with E-state index in [0.717, 1.165) is 6.54 Å². The minimum atomic E-state index is 0.567. The molecule has 0 saturated carbocycles. The van der Waals surface area contributed by atoms with E-state index in [1.54, 1.807) is 0 Å². The van der Waals surface area contributed by atoms with Crippen molar-refractivity contribution < 1.29 is 0 Å². The van der Waals surface area contributed by atoms with Gasteiger partial charge in [0.05, 0.1) is 0 Å². The molecule has 1 atom stereocenters. The lowest BCUT2D eigenvalue weighted by atomic mass is 10.2. The molecule has 1 heterocycles. The second-order valence-corrected chi connectivity index (χ2v) is 4.87. The lowest BCUT2D eigenvalue weighted by Crippen LogP contribution is -2.20.